The van der Waals surface area contributed by atoms with Crippen LogP contribution in [0.3, 0.4) is 0 Å². The Morgan fingerprint density at radius 3 is 2.35 bits per heavy atom. The van der Waals surface area contributed by atoms with E-state index in [1.54, 1.807) is 10.7 Å². The van der Waals surface area contributed by atoms with Crippen LogP contribution in [0.1, 0.15) is 18.5 Å². The van der Waals surface area contributed by atoms with E-state index >= 15 is 0 Å². The number of benzene rings is 2. The molecule has 0 bridgehead atoms. The number of carbonyl (C=O) groups is 1. The second-order valence-electron chi connectivity index (χ2n) is 7.54. The van der Waals surface area contributed by atoms with Gasteiger partial charge in [0.05, 0.1) is 16.3 Å². The van der Waals surface area contributed by atoms with E-state index in [1.807, 2.05) is 37.3 Å². The minimum Gasteiger partial charge on any atom is -0.310 e. The Hall–Kier alpha value is -3.04. The van der Waals surface area contributed by atoms with Gasteiger partial charge in [0.2, 0.25) is 15.9 Å². The third kappa shape index (κ3) is 4.52. The molecule has 31 heavy (non-hydrogen) atoms. The number of amides is 1. The molecule has 1 aromatic heterocycles. The lowest BCUT2D eigenvalue weighted by Gasteiger charge is -2.30. The van der Waals surface area contributed by atoms with Gasteiger partial charge in [-0.1, -0.05) is 18.2 Å². The van der Waals surface area contributed by atoms with Crippen LogP contribution in [0, 0.1) is 18.7 Å². The van der Waals surface area contributed by atoms with Crippen LogP contribution in [0.5, 0.6) is 0 Å². The number of para-hydroxylation sites is 1. The third-order valence-corrected chi connectivity index (χ3v) is 7.27. The summed E-state index contributed by atoms with van der Waals surface area (Å²) in [6, 6.07) is 16.1. The van der Waals surface area contributed by atoms with E-state index in [-0.39, 0.29) is 29.8 Å². The molecule has 9 heteroatoms. The molecule has 0 spiro atoms. The number of nitrogens with one attached hydrogen (secondary N) is 1. The molecule has 1 N–H and O–H groups in total. The average molecular weight is 443 g/mol. The molecule has 7 nitrogen and oxygen atoms in total. The molecule has 1 aliphatic heterocycles. The van der Waals surface area contributed by atoms with E-state index < -0.39 is 15.8 Å². The highest BCUT2D eigenvalue weighted by atomic mass is 32.2. The van der Waals surface area contributed by atoms with Crippen LogP contribution in [-0.4, -0.2) is 41.5 Å². The van der Waals surface area contributed by atoms with E-state index in [0.29, 0.717) is 18.7 Å². The number of halogens is 1. The summed E-state index contributed by atoms with van der Waals surface area (Å²) >= 11 is 0. The molecule has 1 amide bonds. The van der Waals surface area contributed by atoms with Gasteiger partial charge < -0.3 is 5.32 Å². The Morgan fingerprint density at radius 1 is 1.06 bits per heavy atom. The van der Waals surface area contributed by atoms with Gasteiger partial charge in [-0.3, -0.25) is 4.79 Å². The van der Waals surface area contributed by atoms with Gasteiger partial charge in [0, 0.05) is 25.1 Å². The number of nitrogens with zero attached hydrogens (tertiary/aromatic N) is 3. The summed E-state index contributed by atoms with van der Waals surface area (Å²) in [5.41, 5.74) is 1.62. The first kappa shape index (κ1) is 21.2. The van der Waals surface area contributed by atoms with Crippen LogP contribution < -0.4 is 5.32 Å². The van der Waals surface area contributed by atoms with Crippen molar-refractivity contribution in [3.05, 3.63) is 72.2 Å². The van der Waals surface area contributed by atoms with Crippen molar-refractivity contribution in [1.82, 2.24) is 14.1 Å². The average Bonchev–Trinajstić information content (AvgIpc) is 3.14. The standard InChI is InChI=1S/C22H23FN4O3S/c1-16-15-21(27(25-16)19-5-3-2-4-6-19)24-22(28)17-11-13-26(14-12-17)31(29,30)20-9-7-18(23)8-10-20/h2-10,15,17H,11-14H2,1H3,(H,24,28). The fraction of sp³-hybridized carbons (Fsp3) is 0.273. The van der Waals surface area contributed by atoms with Crippen molar-refractivity contribution in [3.63, 3.8) is 0 Å². The van der Waals surface area contributed by atoms with Gasteiger partial charge in [-0.25, -0.2) is 17.5 Å². The number of aryl methyl sites for hydroxylation is 1. The van der Waals surface area contributed by atoms with Gasteiger partial charge >= 0.3 is 0 Å². The normalized spacial score (nSPS) is 15.7. The zero-order valence-electron chi connectivity index (χ0n) is 17.0. The number of piperidine rings is 1. The molecule has 0 atom stereocenters. The number of rotatable bonds is 5. The van der Waals surface area contributed by atoms with Crippen molar-refractivity contribution < 1.29 is 17.6 Å². The van der Waals surface area contributed by atoms with Crippen LogP contribution >= 0.6 is 0 Å². The molecule has 0 unspecified atom stereocenters. The van der Waals surface area contributed by atoms with Gasteiger partial charge in [0.25, 0.3) is 0 Å². The molecule has 0 radical (unpaired) electrons. The Balaban J connectivity index is 1.42. The van der Waals surface area contributed by atoms with Gasteiger partial charge in [-0.05, 0) is 56.2 Å². The minimum atomic E-state index is -3.71. The lowest BCUT2D eigenvalue weighted by Crippen LogP contribution is -2.41. The lowest BCUT2D eigenvalue weighted by atomic mass is 9.97. The van der Waals surface area contributed by atoms with Crippen LogP contribution in [0.2, 0.25) is 0 Å². The van der Waals surface area contributed by atoms with Gasteiger partial charge in [-0.15, -0.1) is 0 Å². The largest absolute Gasteiger partial charge is 0.310 e. The summed E-state index contributed by atoms with van der Waals surface area (Å²) in [5.74, 6) is -0.371. The van der Waals surface area contributed by atoms with Crippen molar-refractivity contribution in [2.24, 2.45) is 5.92 Å². The number of hydrogen-bond donors (Lipinski definition) is 1. The molecule has 1 aliphatic rings. The maximum absolute atomic E-state index is 13.1. The van der Waals surface area contributed by atoms with Gasteiger partial charge in [-0.2, -0.15) is 9.40 Å². The smallest absolute Gasteiger partial charge is 0.243 e. The predicted molar refractivity (Wildman–Crippen MR) is 115 cm³/mol. The highest BCUT2D eigenvalue weighted by Crippen LogP contribution is 2.26. The third-order valence-electron chi connectivity index (χ3n) is 5.36. The molecule has 162 valence electrons. The molecule has 1 saturated heterocycles. The molecule has 1 fully saturated rings. The summed E-state index contributed by atoms with van der Waals surface area (Å²) in [4.78, 5) is 12.9. The Bertz CT molecular complexity index is 1170. The maximum Gasteiger partial charge on any atom is 0.243 e. The summed E-state index contributed by atoms with van der Waals surface area (Å²) in [6.45, 7) is 2.32. The molecule has 4 rings (SSSR count). The highest BCUT2D eigenvalue weighted by Gasteiger charge is 2.32. The van der Waals surface area contributed by atoms with Crippen LogP contribution in [0.25, 0.3) is 5.69 Å². The highest BCUT2D eigenvalue weighted by molar-refractivity contribution is 7.89. The van der Waals surface area contributed by atoms with Crippen molar-refractivity contribution >= 4 is 21.7 Å². The van der Waals surface area contributed by atoms with Crippen LogP contribution in [0.15, 0.2) is 65.6 Å². The van der Waals surface area contributed by atoms with E-state index in [9.17, 15) is 17.6 Å². The Morgan fingerprint density at radius 2 is 1.71 bits per heavy atom. The molecule has 0 saturated carbocycles. The zero-order valence-corrected chi connectivity index (χ0v) is 17.8. The number of aromatic nitrogens is 2. The second-order valence-corrected chi connectivity index (χ2v) is 9.48. The van der Waals surface area contributed by atoms with Gasteiger partial charge in [0.1, 0.15) is 11.6 Å². The number of sulfonamides is 1. The van der Waals surface area contributed by atoms with E-state index in [4.69, 9.17) is 0 Å². The summed E-state index contributed by atoms with van der Waals surface area (Å²) in [5, 5.41) is 7.39. The number of carbonyl (C=O) groups excluding carboxylic acids is 1. The van der Waals surface area contributed by atoms with Crippen LogP contribution in [-0.2, 0) is 14.8 Å². The topological polar surface area (TPSA) is 84.3 Å². The summed E-state index contributed by atoms with van der Waals surface area (Å²) in [7, 11) is -3.71. The summed E-state index contributed by atoms with van der Waals surface area (Å²) in [6.07, 6.45) is 0.815. The lowest BCUT2D eigenvalue weighted by molar-refractivity contribution is -0.120. The first-order valence-electron chi connectivity index (χ1n) is 10.0. The fourth-order valence-electron chi connectivity index (χ4n) is 3.70. The van der Waals surface area contributed by atoms with E-state index in [1.165, 1.54) is 16.4 Å². The summed E-state index contributed by atoms with van der Waals surface area (Å²) < 4.78 is 41.7. The Labute approximate surface area is 180 Å². The Kier molecular flexibility index (Phi) is 5.88. The minimum absolute atomic E-state index is 0.0547. The molecular formula is C22H23FN4O3S. The molecule has 3 aromatic rings. The predicted octanol–water partition coefficient (Wildman–Crippen LogP) is 3.36. The first-order valence-corrected chi connectivity index (χ1v) is 11.5. The molecule has 0 aliphatic carbocycles. The van der Waals surface area contributed by atoms with Crippen molar-refractivity contribution in [2.75, 3.05) is 18.4 Å². The molecule has 2 heterocycles. The quantitative estimate of drug-likeness (QED) is 0.657. The number of hydrogen-bond acceptors (Lipinski definition) is 4. The van der Waals surface area contributed by atoms with E-state index in [0.717, 1.165) is 23.5 Å². The first-order chi connectivity index (χ1) is 14.8. The SMILES string of the molecule is Cc1cc(NC(=O)C2CCN(S(=O)(=O)c3ccc(F)cc3)CC2)n(-c2ccccc2)n1. The second kappa shape index (κ2) is 8.60. The van der Waals surface area contributed by atoms with Crippen molar-refractivity contribution in [1.29, 1.82) is 0 Å². The maximum atomic E-state index is 13.1. The van der Waals surface area contributed by atoms with Gasteiger partial charge in [0.15, 0.2) is 0 Å². The number of anilines is 1. The molecule has 2 aromatic carbocycles. The monoisotopic (exact) mass is 442 g/mol. The van der Waals surface area contributed by atoms with Crippen LogP contribution in [0.4, 0.5) is 10.2 Å². The molecular weight excluding hydrogens is 419 g/mol. The van der Waals surface area contributed by atoms with Crippen molar-refractivity contribution in [3.8, 4) is 5.69 Å². The van der Waals surface area contributed by atoms with E-state index in [2.05, 4.69) is 10.4 Å². The fourth-order valence-corrected chi connectivity index (χ4v) is 5.17. The zero-order chi connectivity index (χ0) is 22.0. The van der Waals surface area contributed by atoms with Crippen molar-refractivity contribution in [2.45, 2.75) is 24.7 Å².